The maximum Gasteiger partial charge on any atom is 0.236 e. The number of benzene rings is 1. The largest absolute Gasteiger partial charge is 0.368 e. The number of nitrogens with two attached hydrogens (primary N) is 1. The molecule has 0 aromatic heterocycles. The molecule has 0 radical (unpaired) electrons. The number of rotatable bonds is 7. The summed E-state index contributed by atoms with van der Waals surface area (Å²) < 4.78 is 12.8. The first kappa shape index (κ1) is 13.5. The van der Waals surface area contributed by atoms with Gasteiger partial charge in [0.15, 0.2) is 0 Å². The Morgan fingerprint density at radius 3 is 2.47 bits per heavy atom. The Kier molecular flexibility index (Phi) is 5.46. The van der Waals surface area contributed by atoms with Crippen LogP contribution >= 0.6 is 0 Å². The van der Waals surface area contributed by atoms with Crippen molar-refractivity contribution < 1.29 is 9.18 Å². The van der Waals surface area contributed by atoms with Crippen LogP contribution in [0, 0.1) is 5.82 Å². The van der Waals surface area contributed by atoms with Crippen LogP contribution in [0.25, 0.3) is 0 Å². The number of nitrogens with zero attached hydrogens (tertiary/aromatic N) is 1. The first-order valence-corrected chi connectivity index (χ1v) is 5.92. The molecule has 0 unspecified atom stereocenters. The summed E-state index contributed by atoms with van der Waals surface area (Å²) in [5.41, 5.74) is 6.04. The Morgan fingerprint density at radius 1 is 1.29 bits per heavy atom. The Balaban J connectivity index is 2.67. The molecule has 3 nitrogen and oxygen atoms in total. The van der Waals surface area contributed by atoms with Crippen molar-refractivity contribution >= 4 is 11.6 Å². The van der Waals surface area contributed by atoms with Crippen LogP contribution in [-0.2, 0) is 4.79 Å². The van der Waals surface area contributed by atoms with Crippen LogP contribution < -0.4 is 10.6 Å². The smallest absolute Gasteiger partial charge is 0.236 e. The number of unbranched alkanes of at least 4 members (excludes halogenated alkanes) is 2. The Hall–Kier alpha value is -1.58. The van der Waals surface area contributed by atoms with Gasteiger partial charge in [0.05, 0.1) is 6.54 Å². The zero-order valence-electron chi connectivity index (χ0n) is 10.2. The van der Waals surface area contributed by atoms with Gasteiger partial charge in [-0.3, -0.25) is 4.79 Å². The second-order valence-electron chi connectivity index (χ2n) is 4.07. The fraction of sp³-hybridized carbons (Fsp3) is 0.462. The molecule has 1 aromatic rings. The van der Waals surface area contributed by atoms with Gasteiger partial charge in [0.25, 0.3) is 0 Å². The summed E-state index contributed by atoms with van der Waals surface area (Å²) in [5, 5.41) is 0. The minimum Gasteiger partial charge on any atom is -0.368 e. The lowest BCUT2D eigenvalue weighted by Crippen LogP contribution is -2.34. The van der Waals surface area contributed by atoms with E-state index in [9.17, 15) is 9.18 Å². The molecule has 0 fully saturated rings. The van der Waals surface area contributed by atoms with Crippen LogP contribution in [-0.4, -0.2) is 19.0 Å². The van der Waals surface area contributed by atoms with Crippen molar-refractivity contribution in [2.75, 3.05) is 18.0 Å². The molecule has 0 saturated heterocycles. The lowest BCUT2D eigenvalue weighted by Gasteiger charge is -2.23. The van der Waals surface area contributed by atoms with Gasteiger partial charge in [-0.15, -0.1) is 0 Å². The first-order chi connectivity index (χ1) is 8.13. The molecule has 0 heterocycles. The SMILES string of the molecule is CCCCCN(CC(N)=O)c1ccc(F)cc1. The highest BCUT2D eigenvalue weighted by atomic mass is 19.1. The molecule has 2 N–H and O–H groups in total. The monoisotopic (exact) mass is 238 g/mol. The molecule has 1 amide bonds. The minimum absolute atomic E-state index is 0.176. The van der Waals surface area contributed by atoms with E-state index in [0.717, 1.165) is 31.5 Å². The molecule has 0 aliphatic heterocycles. The summed E-state index contributed by atoms with van der Waals surface area (Å²) in [7, 11) is 0. The molecule has 0 saturated carbocycles. The molecule has 0 atom stereocenters. The van der Waals surface area contributed by atoms with E-state index in [1.165, 1.54) is 12.1 Å². The van der Waals surface area contributed by atoms with E-state index in [1.807, 2.05) is 4.90 Å². The third-order valence-corrected chi connectivity index (χ3v) is 2.57. The summed E-state index contributed by atoms with van der Waals surface area (Å²) in [5.74, 6) is -0.646. The zero-order chi connectivity index (χ0) is 12.7. The Labute approximate surface area is 101 Å². The standard InChI is InChI=1S/C13H19FN2O/c1-2-3-4-9-16(10-13(15)17)12-7-5-11(14)6-8-12/h5-8H,2-4,9-10H2,1H3,(H2,15,17). The molecule has 0 bridgehead atoms. The fourth-order valence-electron chi connectivity index (χ4n) is 1.69. The summed E-state index contributed by atoms with van der Waals surface area (Å²) in [6.07, 6.45) is 3.23. The number of carbonyl (C=O) groups is 1. The molecule has 1 rings (SSSR count). The number of amides is 1. The van der Waals surface area contributed by atoms with Gasteiger partial charge in [0.2, 0.25) is 5.91 Å². The summed E-state index contributed by atoms with van der Waals surface area (Å²) >= 11 is 0. The summed E-state index contributed by atoms with van der Waals surface area (Å²) in [6, 6.07) is 6.13. The van der Waals surface area contributed by atoms with E-state index in [-0.39, 0.29) is 18.3 Å². The molecule has 94 valence electrons. The van der Waals surface area contributed by atoms with Crippen molar-refractivity contribution in [1.82, 2.24) is 0 Å². The third-order valence-electron chi connectivity index (χ3n) is 2.57. The van der Waals surface area contributed by atoms with Crippen molar-refractivity contribution in [3.8, 4) is 0 Å². The number of hydrogen-bond donors (Lipinski definition) is 1. The van der Waals surface area contributed by atoms with Crippen molar-refractivity contribution in [1.29, 1.82) is 0 Å². The molecule has 0 spiro atoms. The number of carbonyl (C=O) groups excluding carboxylic acids is 1. The van der Waals surface area contributed by atoms with Gasteiger partial charge < -0.3 is 10.6 Å². The second kappa shape index (κ2) is 6.89. The van der Waals surface area contributed by atoms with E-state index < -0.39 is 0 Å². The van der Waals surface area contributed by atoms with E-state index in [4.69, 9.17) is 5.73 Å². The van der Waals surface area contributed by atoms with E-state index in [1.54, 1.807) is 12.1 Å². The number of anilines is 1. The van der Waals surface area contributed by atoms with Gasteiger partial charge in [0.1, 0.15) is 5.82 Å². The highest BCUT2D eigenvalue weighted by Crippen LogP contribution is 2.15. The maximum atomic E-state index is 12.8. The number of primary amides is 1. The van der Waals surface area contributed by atoms with Gasteiger partial charge in [-0.25, -0.2) is 4.39 Å². The Bertz CT molecular complexity index is 351. The normalized spacial score (nSPS) is 10.2. The first-order valence-electron chi connectivity index (χ1n) is 5.92. The topological polar surface area (TPSA) is 46.3 Å². The summed E-state index contributed by atoms with van der Waals surface area (Å²) in [6.45, 7) is 3.06. The van der Waals surface area contributed by atoms with Crippen LogP contribution in [0.1, 0.15) is 26.2 Å². The lowest BCUT2D eigenvalue weighted by atomic mass is 10.2. The highest BCUT2D eigenvalue weighted by Gasteiger charge is 2.08. The molecule has 4 heteroatoms. The van der Waals surface area contributed by atoms with Crippen LogP contribution in [0.15, 0.2) is 24.3 Å². The Morgan fingerprint density at radius 2 is 1.94 bits per heavy atom. The van der Waals surface area contributed by atoms with Gasteiger partial charge in [-0.05, 0) is 30.7 Å². The quantitative estimate of drug-likeness (QED) is 0.741. The molecular weight excluding hydrogens is 219 g/mol. The van der Waals surface area contributed by atoms with Crippen LogP contribution in [0.4, 0.5) is 10.1 Å². The van der Waals surface area contributed by atoms with E-state index >= 15 is 0 Å². The number of hydrogen-bond acceptors (Lipinski definition) is 2. The van der Waals surface area contributed by atoms with Gasteiger partial charge in [0, 0.05) is 12.2 Å². The summed E-state index contributed by atoms with van der Waals surface area (Å²) in [4.78, 5) is 12.9. The average molecular weight is 238 g/mol. The second-order valence-corrected chi connectivity index (χ2v) is 4.07. The van der Waals surface area contributed by atoms with Crippen molar-refractivity contribution in [3.05, 3.63) is 30.1 Å². The molecule has 0 aliphatic rings. The van der Waals surface area contributed by atoms with Crippen molar-refractivity contribution in [2.24, 2.45) is 5.73 Å². The van der Waals surface area contributed by atoms with Gasteiger partial charge in [-0.2, -0.15) is 0 Å². The average Bonchev–Trinajstić information content (AvgIpc) is 2.28. The van der Waals surface area contributed by atoms with E-state index in [0.29, 0.717) is 0 Å². The van der Waals surface area contributed by atoms with E-state index in [2.05, 4.69) is 6.92 Å². The van der Waals surface area contributed by atoms with Gasteiger partial charge >= 0.3 is 0 Å². The predicted molar refractivity (Wildman–Crippen MR) is 67.3 cm³/mol. The molecule has 17 heavy (non-hydrogen) atoms. The van der Waals surface area contributed by atoms with Crippen LogP contribution in [0.5, 0.6) is 0 Å². The van der Waals surface area contributed by atoms with Crippen LogP contribution in [0.2, 0.25) is 0 Å². The third kappa shape index (κ3) is 4.85. The molecule has 1 aromatic carbocycles. The fourth-order valence-corrected chi connectivity index (χ4v) is 1.69. The van der Waals surface area contributed by atoms with Crippen LogP contribution in [0.3, 0.4) is 0 Å². The predicted octanol–water partition coefficient (Wildman–Crippen LogP) is 2.31. The molecule has 0 aliphatic carbocycles. The number of halogens is 1. The van der Waals surface area contributed by atoms with Crippen molar-refractivity contribution in [2.45, 2.75) is 26.2 Å². The zero-order valence-corrected chi connectivity index (χ0v) is 10.2. The minimum atomic E-state index is -0.370. The lowest BCUT2D eigenvalue weighted by molar-refractivity contribution is -0.116. The molecular formula is C13H19FN2O. The van der Waals surface area contributed by atoms with Crippen molar-refractivity contribution in [3.63, 3.8) is 0 Å². The van der Waals surface area contributed by atoms with Gasteiger partial charge in [-0.1, -0.05) is 19.8 Å². The maximum absolute atomic E-state index is 12.8. The highest BCUT2D eigenvalue weighted by molar-refractivity contribution is 5.79.